The van der Waals surface area contributed by atoms with E-state index in [2.05, 4.69) is 25.4 Å². The number of benzene rings is 2. The monoisotopic (exact) mass is 345 g/mol. The van der Waals surface area contributed by atoms with Crippen molar-refractivity contribution in [2.75, 3.05) is 5.32 Å². The number of anilines is 1. The molecule has 1 amide bonds. The van der Waals surface area contributed by atoms with Gasteiger partial charge in [0.15, 0.2) is 5.69 Å². The fraction of sp³-hybridized carbons (Fsp3) is 0.0526. The molecule has 0 bridgehead atoms. The number of carbonyl (C=O) groups excluding carboxylic acids is 1. The van der Waals surface area contributed by atoms with Gasteiger partial charge in [-0.05, 0) is 24.2 Å². The first-order valence-electron chi connectivity index (χ1n) is 8.04. The largest absolute Gasteiger partial charge is 0.305 e. The van der Waals surface area contributed by atoms with Crippen LogP contribution in [0, 0.1) is 6.92 Å². The van der Waals surface area contributed by atoms with Crippen LogP contribution in [-0.4, -0.2) is 26.0 Å². The molecule has 2 aromatic heterocycles. The Bertz CT molecular complexity index is 1040. The van der Waals surface area contributed by atoms with Crippen molar-refractivity contribution < 1.29 is 9.42 Å². The first-order valence-corrected chi connectivity index (χ1v) is 8.04. The molecule has 2 aromatic carbocycles. The van der Waals surface area contributed by atoms with Gasteiger partial charge in [0.25, 0.3) is 5.91 Å². The Hall–Kier alpha value is -3.74. The lowest BCUT2D eigenvalue weighted by atomic mass is 10.1. The van der Waals surface area contributed by atoms with Crippen molar-refractivity contribution in [1.82, 2.24) is 20.1 Å². The summed E-state index contributed by atoms with van der Waals surface area (Å²) in [4.78, 5) is 12.5. The molecule has 0 unspecified atom stereocenters. The molecule has 7 heteroatoms. The smallest absolute Gasteiger partial charge is 0.281 e. The van der Waals surface area contributed by atoms with E-state index in [9.17, 15) is 4.79 Å². The number of rotatable bonds is 4. The lowest BCUT2D eigenvalue weighted by Crippen LogP contribution is -2.16. The Morgan fingerprint density at radius 1 is 1.00 bits per heavy atom. The zero-order valence-corrected chi connectivity index (χ0v) is 14.0. The van der Waals surface area contributed by atoms with Crippen molar-refractivity contribution in [1.29, 1.82) is 0 Å². The van der Waals surface area contributed by atoms with Gasteiger partial charge in [-0.25, -0.2) is 9.31 Å². The minimum absolute atomic E-state index is 0.145. The molecule has 0 aliphatic rings. The molecule has 0 atom stereocenters. The highest BCUT2D eigenvalue weighted by molar-refractivity contribution is 6.03. The number of hydrogen-bond acceptors (Lipinski definition) is 5. The molecule has 128 valence electrons. The maximum absolute atomic E-state index is 12.5. The molecule has 0 saturated carbocycles. The van der Waals surface area contributed by atoms with Crippen LogP contribution < -0.4 is 5.32 Å². The summed E-state index contributed by atoms with van der Waals surface area (Å²) in [5, 5.41) is 14.8. The van der Waals surface area contributed by atoms with Gasteiger partial charge in [-0.2, -0.15) is 5.10 Å². The molecule has 1 N–H and O–H groups in total. The topological polar surface area (TPSA) is 85.8 Å². The van der Waals surface area contributed by atoms with Crippen molar-refractivity contribution in [3.05, 3.63) is 78.1 Å². The standard InChI is InChI=1S/C19H15N5O2/c1-13-18(23-26-22-13)19(25)20-17-12-16(14-8-4-2-5-9-14)21-24(17)15-10-6-3-7-11-15/h2-12H,1H3,(H,20,25). The molecular weight excluding hydrogens is 330 g/mol. The highest BCUT2D eigenvalue weighted by atomic mass is 16.6. The number of aromatic nitrogens is 4. The van der Waals surface area contributed by atoms with E-state index >= 15 is 0 Å². The van der Waals surface area contributed by atoms with E-state index in [0.717, 1.165) is 16.9 Å². The summed E-state index contributed by atoms with van der Waals surface area (Å²) in [6.45, 7) is 1.66. The molecule has 4 aromatic rings. The number of carbonyl (C=O) groups is 1. The fourth-order valence-corrected chi connectivity index (χ4v) is 2.60. The Balaban J connectivity index is 1.76. The first-order chi connectivity index (χ1) is 12.7. The van der Waals surface area contributed by atoms with Gasteiger partial charge in [-0.3, -0.25) is 4.79 Å². The van der Waals surface area contributed by atoms with Gasteiger partial charge < -0.3 is 5.32 Å². The minimum Gasteiger partial charge on any atom is -0.305 e. The van der Waals surface area contributed by atoms with E-state index in [1.807, 2.05) is 66.7 Å². The minimum atomic E-state index is -0.402. The second-order valence-electron chi connectivity index (χ2n) is 5.68. The Morgan fingerprint density at radius 3 is 2.35 bits per heavy atom. The third-order valence-corrected chi connectivity index (χ3v) is 3.89. The van der Waals surface area contributed by atoms with Crippen molar-refractivity contribution in [3.8, 4) is 16.9 Å². The van der Waals surface area contributed by atoms with E-state index in [-0.39, 0.29) is 5.69 Å². The average molecular weight is 345 g/mol. The SMILES string of the molecule is Cc1nonc1C(=O)Nc1cc(-c2ccccc2)nn1-c1ccccc1. The van der Waals surface area contributed by atoms with Gasteiger partial charge in [-0.1, -0.05) is 53.7 Å². The van der Waals surface area contributed by atoms with Gasteiger partial charge in [0.05, 0.1) is 11.4 Å². The van der Waals surface area contributed by atoms with Crippen LogP contribution in [0.1, 0.15) is 16.2 Å². The Morgan fingerprint density at radius 2 is 1.69 bits per heavy atom. The molecule has 2 heterocycles. The van der Waals surface area contributed by atoms with Gasteiger partial charge >= 0.3 is 0 Å². The third kappa shape index (κ3) is 2.98. The number of hydrogen-bond donors (Lipinski definition) is 1. The van der Waals surface area contributed by atoms with Crippen LogP contribution in [0.2, 0.25) is 0 Å². The molecule has 0 saturated heterocycles. The van der Waals surface area contributed by atoms with Crippen molar-refractivity contribution in [2.24, 2.45) is 0 Å². The lowest BCUT2D eigenvalue weighted by molar-refractivity contribution is 0.101. The van der Waals surface area contributed by atoms with Gasteiger partial charge in [0, 0.05) is 11.6 Å². The second-order valence-corrected chi connectivity index (χ2v) is 5.68. The van der Waals surface area contributed by atoms with Crippen LogP contribution in [0.3, 0.4) is 0 Å². The molecular formula is C19H15N5O2. The van der Waals surface area contributed by atoms with Crippen LogP contribution in [-0.2, 0) is 0 Å². The zero-order valence-electron chi connectivity index (χ0n) is 14.0. The molecule has 0 fully saturated rings. The highest BCUT2D eigenvalue weighted by Crippen LogP contribution is 2.25. The van der Waals surface area contributed by atoms with Crippen molar-refractivity contribution in [3.63, 3.8) is 0 Å². The summed E-state index contributed by atoms with van der Waals surface area (Å²) in [5.41, 5.74) is 3.11. The number of amides is 1. The predicted octanol–water partition coefficient (Wildman–Crippen LogP) is 3.48. The van der Waals surface area contributed by atoms with Crippen LogP contribution in [0.25, 0.3) is 16.9 Å². The summed E-state index contributed by atoms with van der Waals surface area (Å²) in [5.74, 6) is 0.128. The Kier molecular flexibility index (Phi) is 4.03. The van der Waals surface area contributed by atoms with Crippen molar-refractivity contribution >= 4 is 11.7 Å². The summed E-state index contributed by atoms with van der Waals surface area (Å²) in [7, 11) is 0. The molecule has 26 heavy (non-hydrogen) atoms. The molecule has 0 aliphatic heterocycles. The predicted molar refractivity (Wildman–Crippen MR) is 96.0 cm³/mol. The van der Waals surface area contributed by atoms with E-state index in [0.29, 0.717) is 11.5 Å². The summed E-state index contributed by atoms with van der Waals surface area (Å²) >= 11 is 0. The number of aryl methyl sites for hydroxylation is 1. The Labute approximate surface area is 149 Å². The first kappa shape index (κ1) is 15.8. The quantitative estimate of drug-likeness (QED) is 0.612. The summed E-state index contributed by atoms with van der Waals surface area (Å²) < 4.78 is 6.29. The fourth-order valence-electron chi connectivity index (χ4n) is 2.60. The molecule has 0 radical (unpaired) electrons. The van der Waals surface area contributed by atoms with Gasteiger partial charge in [0.2, 0.25) is 0 Å². The molecule has 7 nitrogen and oxygen atoms in total. The number of nitrogens with zero attached hydrogens (tertiary/aromatic N) is 4. The molecule has 4 rings (SSSR count). The van der Waals surface area contributed by atoms with Crippen molar-refractivity contribution in [2.45, 2.75) is 6.92 Å². The maximum atomic E-state index is 12.5. The van der Waals surface area contributed by atoms with E-state index in [4.69, 9.17) is 0 Å². The maximum Gasteiger partial charge on any atom is 0.281 e. The van der Waals surface area contributed by atoms with E-state index in [1.54, 1.807) is 11.6 Å². The van der Waals surface area contributed by atoms with Crippen LogP contribution in [0.4, 0.5) is 5.82 Å². The third-order valence-electron chi connectivity index (χ3n) is 3.89. The number of nitrogens with one attached hydrogen (secondary N) is 1. The lowest BCUT2D eigenvalue weighted by Gasteiger charge is -2.07. The summed E-state index contributed by atoms with van der Waals surface area (Å²) in [6.07, 6.45) is 0. The highest BCUT2D eigenvalue weighted by Gasteiger charge is 2.19. The van der Waals surface area contributed by atoms with Crippen LogP contribution >= 0.6 is 0 Å². The van der Waals surface area contributed by atoms with Crippen LogP contribution in [0.5, 0.6) is 0 Å². The number of para-hydroxylation sites is 1. The molecule has 0 aliphatic carbocycles. The van der Waals surface area contributed by atoms with Crippen LogP contribution in [0.15, 0.2) is 71.4 Å². The summed E-state index contributed by atoms with van der Waals surface area (Å²) in [6, 6.07) is 21.2. The second kappa shape index (κ2) is 6.64. The molecule has 0 spiro atoms. The van der Waals surface area contributed by atoms with E-state index in [1.165, 1.54) is 0 Å². The van der Waals surface area contributed by atoms with Gasteiger partial charge in [0.1, 0.15) is 11.5 Å². The van der Waals surface area contributed by atoms with Gasteiger partial charge in [-0.15, -0.1) is 0 Å². The average Bonchev–Trinajstić information content (AvgIpc) is 3.29. The van der Waals surface area contributed by atoms with E-state index < -0.39 is 5.91 Å². The zero-order chi connectivity index (χ0) is 17.9. The normalized spacial score (nSPS) is 10.7.